The summed E-state index contributed by atoms with van der Waals surface area (Å²) in [5.41, 5.74) is 0. The lowest BCUT2D eigenvalue weighted by molar-refractivity contribution is 0.0926. The molecule has 144 valence electrons. The number of hydrogen-bond acceptors (Lipinski definition) is 4. The van der Waals surface area contributed by atoms with Crippen molar-refractivity contribution >= 4 is 35.8 Å². The molecule has 1 amide bonds. The highest BCUT2D eigenvalue weighted by molar-refractivity contribution is 14.0. The minimum Gasteiger partial charge on any atom is -0.459 e. The van der Waals surface area contributed by atoms with Crippen LogP contribution in [0.15, 0.2) is 27.8 Å². The number of amides is 1. The number of hydrogen-bond donors (Lipinski definition) is 3. The predicted octanol–water partition coefficient (Wildman–Crippen LogP) is 1.91. The number of rotatable bonds is 9. The SMILES string of the molecule is CN=C(NCCNC(=O)c1ccco1)NCCN(C(C)C)C(C)C.I. The summed E-state index contributed by atoms with van der Waals surface area (Å²) in [5.74, 6) is 0.837. The van der Waals surface area contributed by atoms with Crippen molar-refractivity contribution in [1.29, 1.82) is 0 Å². The second kappa shape index (κ2) is 13.0. The molecular formula is C17H32IN5O2. The van der Waals surface area contributed by atoms with Gasteiger partial charge in [-0.25, -0.2) is 0 Å². The Hall–Kier alpha value is -1.29. The molecule has 7 nitrogen and oxygen atoms in total. The highest BCUT2D eigenvalue weighted by Crippen LogP contribution is 2.03. The van der Waals surface area contributed by atoms with Crippen molar-refractivity contribution in [2.24, 2.45) is 4.99 Å². The van der Waals surface area contributed by atoms with Gasteiger partial charge >= 0.3 is 0 Å². The quantitative estimate of drug-likeness (QED) is 0.225. The Balaban J connectivity index is 0.00000576. The van der Waals surface area contributed by atoms with Crippen LogP contribution in [0, 0.1) is 0 Å². The minimum absolute atomic E-state index is 0. The van der Waals surface area contributed by atoms with E-state index in [9.17, 15) is 4.79 Å². The van der Waals surface area contributed by atoms with Gasteiger partial charge in [0.2, 0.25) is 0 Å². The lowest BCUT2D eigenvalue weighted by atomic mass is 10.2. The van der Waals surface area contributed by atoms with E-state index in [1.54, 1.807) is 19.2 Å². The van der Waals surface area contributed by atoms with Crippen LogP contribution in [0.4, 0.5) is 0 Å². The molecule has 0 aromatic carbocycles. The zero-order chi connectivity index (χ0) is 17.9. The highest BCUT2D eigenvalue weighted by Gasteiger charge is 2.12. The van der Waals surface area contributed by atoms with E-state index in [0.29, 0.717) is 30.9 Å². The van der Waals surface area contributed by atoms with Gasteiger partial charge in [-0.15, -0.1) is 24.0 Å². The van der Waals surface area contributed by atoms with E-state index in [0.717, 1.165) is 19.0 Å². The molecule has 0 aliphatic rings. The molecule has 1 heterocycles. The molecule has 0 bridgehead atoms. The second-order valence-corrected chi connectivity index (χ2v) is 6.08. The predicted molar refractivity (Wildman–Crippen MR) is 113 cm³/mol. The fraction of sp³-hybridized carbons (Fsp3) is 0.647. The van der Waals surface area contributed by atoms with Gasteiger partial charge < -0.3 is 20.4 Å². The zero-order valence-electron chi connectivity index (χ0n) is 15.8. The summed E-state index contributed by atoms with van der Waals surface area (Å²) in [6.45, 7) is 11.7. The first-order valence-electron chi connectivity index (χ1n) is 8.47. The van der Waals surface area contributed by atoms with Crippen molar-refractivity contribution in [1.82, 2.24) is 20.9 Å². The van der Waals surface area contributed by atoms with Crippen molar-refractivity contribution in [3.63, 3.8) is 0 Å². The first-order valence-corrected chi connectivity index (χ1v) is 8.47. The van der Waals surface area contributed by atoms with Gasteiger partial charge in [0, 0.05) is 45.3 Å². The van der Waals surface area contributed by atoms with Gasteiger partial charge in [-0.3, -0.25) is 14.7 Å². The third-order valence-electron chi connectivity index (χ3n) is 3.66. The fourth-order valence-corrected chi connectivity index (χ4v) is 2.49. The molecule has 0 aliphatic heterocycles. The number of carbonyl (C=O) groups excluding carboxylic acids is 1. The summed E-state index contributed by atoms with van der Waals surface area (Å²) < 4.78 is 5.04. The molecule has 1 rings (SSSR count). The van der Waals surface area contributed by atoms with Gasteiger partial charge in [0.05, 0.1) is 6.26 Å². The molecule has 0 atom stereocenters. The molecule has 0 saturated heterocycles. The molecule has 0 aliphatic carbocycles. The maximum atomic E-state index is 11.7. The molecule has 0 saturated carbocycles. The van der Waals surface area contributed by atoms with Crippen molar-refractivity contribution in [3.05, 3.63) is 24.2 Å². The van der Waals surface area contributed by atoms with Crippen LogP contribution in [0.3, 0.4) is 0 Å². The average Bonchev–Trinajstić information content (AvgIpc) is 3.06. The van der Waals surface area contributed by atoms with Gasteiger partial charge in [0.15, 0.2) is 11.7 Å². The van der Waals surface area contributed by atoms with E-state index in [2.05, 4.69) is 53.5 Å². The van der Waals surface area contributed by atoms with Gasteiger partial charge in [0.25, 0.3) is 5.91 Å². The van der Waals surface area contributed by atoms with Crippen LogP contribution in [0.2, 0.25) is 0 Å². The third-order valence-corrected chi connectivity index (χ3v) is 3.66. The smallest absolute Gasteiger partial charge is 0.287 e. The van der Waals surface area contributed by atoms with Crippen molar-refractivity contribution in [3.8, 4) is 0 Å². The lowest BCUT2D eigenvalue weighted by Crippen LogP contribution is -2.46. The van der Waals surface area contributed by atoms with Crippen molar-refractivity contribution in [2.75, 3.05) is 33.2 Å². The number of nitrogens with zero attached hydrogens (tertiary/aromatic N) is 2. The van der Waals surface area contributed by atoms with Crippen LogP contribution in [-0.2, 0) is 0 Å². The number of guanidine groups is 1. The first kappa shape index (κ1) is 23.7. The molecule has 0 spiro atoms. The summed E-state index contributed by atoms with van der Waals surface area (Å²) in [6, 6.07) is 4.35. The van der Waals surface area contributed by atoms with E-state index >= 15 is 0 Å². The van der Waals surface area contributed by atoms with Crippen LogP contribution < -0.4 is 16.0 Å². The topological polar surface area (TPSA) is 81.9 Å². The summed E-state index contributed by atoms with van der Waals surface area (Å²) in [6.07, 6.45) is 1.48. The Morgan fingerprint density at radius 2 is 1.72 bits per heavy atom. The number of aliphatic imine (C=N–C) groups is 1. The van der Waals surface area contributed by atoms with Gasteiger partial charge in [-0.2, -0.15) is 0 Å². The molecule has 0 unspecified atom stereocenters. The molecule has 1 aromatic heterocycles. The Morgan fingerprint density at radius 1 is 1.12 bits per heavy atom. The molecule has 25 heavy (non-hydrogen) atoms. The number of nitrogens with one attached hydrogen (secondary N) is 3. The first-order chi connectivity index (χ1) is 11.5. The van der Waals surface area contributed by atoms with E-state index in [1.807, 2.05) is 0 Å². The van der Waals surface area contributed by atoms with Crippen LogP contribution >= 0.6 is 24.0 Å². The van der Waals surface area contributed by atoms with E-state index in [4.69, 9.17) is 4.42 Å². The van der Waals surface area contributed by atoms with Crippen LogP contribution in [0.5, 0.6) is 0 Å². The monoisotopic (exact) mass is 465 g/mol. The van der Waals surface area contributed by atoms with Crippen LogP contribution in [-0.4, -0.2) is 62.1 Å². The molecule has 1 aromatic rings. The summed E-state index contributed by atoms with van der Waals surface area (Å²) >= 11 is 0. The summed E-state index contributed by atoms with van der Waals surface area (Å²) in [4.78, 5) is 18.3. The van der Waals surface area contributed by atoms with E-state index in [1.165, 1.54) is 6.26 Å². The largest absolute Gasteiger partial charge is 0.459 e. The molecule has 0 fully saturated rings. The molecule has 8 heteroatoms. The highest BCUT2D eigenvalue weighted by atomic mass is 127. The Labute approximate surface area is 168 Å². The van der Waals surface area contributed by atoms with Gasteiger partial charge in [-0.1, -0.05) is 0 Å². The number of furan rings is 1. The van der Waals surface area contributed by atoms with Crippen LogP contribution in [0.1, 0.15) is 38.2 Å². The summed E-state index contributed by atoms with van der Waals surface area (Å²) in [7, 11) is 1.74. The van der Waals surface area contributed by atoms with E-state index < -0.39 is 0 Å². The molecule has 0 radical (unpaired) electrons. The fourth-order valence-electron chi connectivity index (χ4n) is 2.49. The normalized spacial score (nSPS) is 11.6. The summed E-state index contributed by atoms with van der Waals surface area (Å²) in [5, 5.41) is 9.25. The molecular weight excluding hydrogens is 433 g/mol. The Kier molecular flexibility index (Phi) is 12.3. The number of halogens is 1. The van der Waals surface area contributed by atoms with Gasteiger partial charge in [0.1, 0.15) is 0 Å². The maximum Gasteiger partial charge on any atom is 0.287 e. The van der Waals surface area contributed by atoms with Gasteiger partial charge in [-0.05, 0) is 39.8 Å². The average molecular weight is 465 g/mol. The zero-order valence-corrected chi connectivity index (χ0v) is 18.2. The second-order valence-electron chi connectivity index (χ2n) is 6.08. The molecule has 3 N–H and O–H groups in total. The lowest BCUT2D eigenvalue weighted by Gasteiger charge is -2.30. The maximum absolute atomic E-state index is 11.7. The number of carbonyl (C=O) groups is 1. The third kappa shape index (κ3) is 9.10. The van der Waals surface area contributed by atoms with Crippen molar-refractivity contribution in [2.45, 2.75) is 39.8 Å². The van der Waals surface area contributed by atoms with E-state index in [-0.39, 0.29) is 29.9 Å². The Morgan fingerprint density at radius 3 is 2.24 bits per heavy atom. The standard InChI is InChI=1S/C17H31N5O2.HI/c1-13(2)22(14(3)4)11-10-21-17(18-5)20-9-8-19-16(23)15-7-6-12-24-15;/h6-7,12-14H,8-11H2,1-5H3,(H,19,23)(H2,18,20,21);1H. The minimum atomic E-state index is -0.214. The van der Waals surface area contributed by atoms with Crippen LogP contribution in [0.25, 0.3) is 0 Å². The van der Waals surface area contributed by atoms with Crippen molar-refractivity contribution < 1.29 is 9.21 Å². The Bertz CT molecular complexity index is 495.